The van der Waals surface area contributed by atoms with Crippen molar-refractivity contribution >= 4 is 17.7 Å². The molecule has 1 aliphatic heterocycles. The molecule has 1 saturated carbocycles. The van der Waals surface area contributed by atoms with Gasteiger partial charge in [-0.25, -0.2) is 4.98 Å². The van der Waals surface area contributed by atoms with Crippen LogP contribution < -0.4 is 10.6 Å². The van der Waals surface area contributed by atoms with E-state index in [4.69, 9.17) is 0 Å². The van der Waals surface area contributed by atoms with Gasteiger partial charge in [-0.2, -0.15) is 0 Å². The first-order chi connectivity index (χ1) is 16.9. The Bertz CT molecular complexity index is 1260. The number of carbonyl (C=O) groups is 3. The summed E-state index contributed by atoms with van der Waals surface area (Å²) >= 11 is 0. The van der Waals surface area contributed by atoms with Gasteiger partial charge >= 0.3 is 0 Å². The number of amides is 3. The molecule has 2 aliphatic rings. The summed E-state index contributed by atoms with van der Waals surface area (Å²) < 4.78 is 1.64. The number of nitrogens with one attached hydrogen (secondary N) is 2. The summed E-state index contributed by atoms with van der Waals surface area (Å²) in [5.41, 5.74) is 2.36. The number of hydrogen-bond acceptors (Lipinski definition) is 4. The SMILES string of the molecule is Cc1ccc(CNC(=O)c2ncn3c2C(=O)N(C2CC2)C(C)(C(=O)NCc2ccccc2)C3)cc1. The molecule has 5 rings (SSSR count). The number of hydrogen-bond donors (Lipinski definition) is 2. The van der Waals surface area contributed by atoms with Gasteiger partial charge in [-0.1, -0.05) is 60.2 Å². The van der Waals surface area contributed by atoms with E-state index in [1.807, 2.05) is 61.5 Å². The second-order valence-corrected chi connectivity index (χ2v) is 9.59. The lowest BCUT2D eigenvalue weighted by atomic mass is 9.93. The van der Waals surface area contributed by atoms with Crippen molar-refractivity contribution in [2.75, 3.05) is 0 Å². The highest BCUT2D eigenvalue weighted by atomic mass is 16.2. The minimum atomic E-state index is -1.07. The van der Waals surface area contributed by atoms with Crippen molar-refractivity contribution in [2.45, 2.75) is 57.9 Å². The number of rotatable bonds is 7. The Morgan fingerprint density at radius 3 is 2.34 bits per heavy atom. The van der Waals surface area contributed by atoms with Gasteiger partial charge in [-0.3, -0.25) is 14.4 Å². The zero-order valence-electron chi connectivity index (χ0n) is 20.0. The Hall–Kier alpha value is -3.94. The maximum Gasteiger partial charge on any atom is 0.274 e. The highest BCUT2D eigenvalue weighted by molar-refractivity contribution is 6.07. The zero-order valence-corrected chi connectivity index (χ0v) is 20.0. The molecule has 0 spiro atoms. The van der Waals surface area contributed by atoms with Crippen LogP contribution in [0.25, 0.3) is 0 Å². The van der Waals surface area contributed by atoms with E-state index in [0.717, 1.165) is 29.5 Å². The summed E-state index contributed by atoms with van der Waals surface area (Å²) in [4.78, 5) is 46.0. The van der Waals surface area contributed by atoms with E-state index in [9.17, 15) is 14.4 Å². The van der Waals surface area contributed by atoms with Crippen LogP contribution in [-0.4, -0.2) is 43.8 Å². The molecule has 0 bridgehead atoms. The lowest BCUT2D eigenvalue weighted by Gasteiger charge is -2.44. The van der Waals surface area contributed by atoms with Crippen LogP contribution >= 0.6 is 0 Å². The number of fused-ring (bicyclic) bond motifs is 1. The first-order valence-corrected chi connectivity index (χ1v) is 11.9. The molecule has 0 radical (unpaired) electrons. The highest BCUT2D eigenvalue weighted by Gasteiger charge is 2.53. The molecule has 2 N–H and O–H groups in total. The predicted molar refractivity (Wildman–Crippen MR) is 130 cm³/mol. The van der Waals surface area contributed by atoms with Gasteiger partial charge in [0, 0.05) is 19.1 Å². The van der Waals surface area contributed by atoms with Crippen molar-refractivity contribution in [3.05, 3.63) is 89.0 Å². The van der Waals surface area contributed by atoms with E-state index < -0.39 is 11.4 Å². The number of nitrogens with zero attached hydrogens (tertiary/aromatic N) is 3. The second-order valence-electron chi connectivity index (χ2n) is 9.59. The minimum absolute atomic E-state index is 0.0119. The Morgan fingerprint density at radius 1 is 1.00 bits per heavy atom. The molecule has 1 aliphatic carbocycles. The van der Waals surface area contributed by atoms with Gasteiger partial charge in [-0.15, -0.1) is 0 Å². The smallest absolute Gasteiger partial charge is 0.274 e. The molecule has 3 aromatic rings. The zero-order chi connectivity index (χ0) is 24.6. The average Bonchev–Trinajstić information content (AvgIpc) is 3.60. The first-order valence-electron chi connectivity index (χ1n) is 11.9. The third kappa shape index (κ3) is 4.43. The quantitative estimate of drug-likeness (QED) is 0.554. The number of imidazole rings is 1. The van der Waals surface area contributed by atoms with E-state index in [1.165, 1.54) is 6.33 Å². The summed E-state index contributed by atoms with van der Waals surface area (Å²) in [5, 5.41) is 5.87. The van der Waals surface area contributed by atoms with E-state index >= 15 is 0 Å². The fourth-order valence-electron chi connectivity index (χ4n) is 4.66. The molecule has 8 nitrogen and oxygen atoms in total. The van der Waals surface area contributed by atoms with Crippen LogP contribution in [0, 0.1) is 6.92 Å². The van der Waals surface area contributed by atoms with Gasteiger partial charge in [0.1, 0.15) is 11.2 Å². The van der Waals surface area contributed by atoms with Gasteiger partial charge in [0.15, 0.2) is 5.69 Å². The normalized spacial score (nSPS) is 19.3. The number of benzene rings is 2. The van der Waals surface area contributed by atoms with Crippen LogP contribution in [0.4, 0.5) is 0 Å². The predicted octanol–water partition coefficient (Wildman–Crippen LogP) is 2.81. The Morgan fingerprint density at radius 2 is 1.66 bits per heavy atom. The fraction of sp³-hybridized carbons (Fsp3) is 0.333. The summed E-state index contributed by atoms with van der Waals surface area (Å²) in [6.45, 7) is 4.76. The van der Waals surface area contributed by atoms with Crippen molar-refractivity contribution in [3.8, 4) is 0 Å². The fourth-order valence-corrected chi connectivity index (χ4v) is 4.66. The van der Waals surface area contributed by atoms with E-state index in [0.29, 0.717) is 13.1 Å². The van der Waals surface area contributed by atoms with Crippen molar-refractivity contribution in [1.29, 1.82) is 0 Å². The third-order valence-electron chi connectivity index (χ3n) is 6.75. The largest absolute Gasteiger partial charge is 0.350 e. The molecular formula is C27H29N5O3. The summed E-state index contributed by atoms with van der Waals surface area (Å²) in [7, 11) is 0. The number of aryl methyl sites for hydroxylation is 1. The standard InChI is InChI=1S/C27H29N5O3/c1-18-8-10-20(11-9-18)14-28-24(33)22-23-25(34)32(21-12-13-21)27(2,16-31(23)17-30-22)26(35)29-15-19-6-4-3-5-7-19/h3-11,17,21H,12-16H2,1-2H3,(H,28,33)(H,29,35). The van der Waals surface area contributed by atoms with Crippen molar-refractivity contribution in [1.82, 2.24) is 25.1 Å². The molecule has 8 heteroatoms. The van der Waals surface area contributed by atoms with Crippen LogP contribution in [0.2, 0.25) is 0 Å². The van der Waals surface area contributed by atoms with E-state index in [2.05, 4.69) is 15.6 Å². The molecule has 3 amide bonds. The number of aromatic nitrogens is 2. The molecule has 35 heavy (non-hydrogen) atoms. The maximum absolute atomic E-state index is 13.7. The summed E-state index contributed by atoms with van der Waals surface area (Å²) in [6.07, 6.45) is 3.17. The first kappa shape index (κ1) is 22.8. The summed E-state index contributed by atoms with van der Waals surface area (Å²) in [5.74, 6) is -0.944. The van der Waals surface area contributed by atoms with Crippen LogP contribution in [0.5, 0.6) is 0 Å². The molecule has 1 unspecified atom stereocenters. The van der Waals surface area contributed by atoms with Crippen LogP contribution in [0.1, 0.15) is 57.4 Å². The topological polar surface area (TPSA) is 96.3 Å². The monoisotopic (exact) mass is 471 g/mol. The molecule has 1 fully saturated rings. The van der Waals surface area contributed by atoms with Gasteiger partial charge in [0.25, 0.3) is 11.8 Å². The maximum atomic E-state index is 13.7. The second kappa shape index (κ2) is 9.02. The lowest BCUT2D eigenvalue weighted by Crippen LogP contribution is -2.64. The highest BCUT2D eigenvalue weighted by Crippen LogP contribution is 2.38. The molecular weight excluding hydrogens is 442 g/mol. The molecule has 1 aromatic heterocycles. The third-order valence-corrected chi connectivity index (χ3v) is 6.75. The van der Waals surface area contributed by atoms with Gasteiger partial charge in [0.05, 0.1) is 12.9 Å². The van der Waals surface area contributed by atoms with E-state index in [1.54, 1.807) is 16.4 Å². The van der Waals surface area contributed by atoms with Gasteiger partial charge in [0.2, 0.25) is 5.91 Å². The van der Waals surface area contributed by atoms with Gasteiger partial charge < -0.3 is 20.1 Å². The lowest BCUT2D eigenvalue weighted by molar-refractivity contribution is -0.133. The number of carbonyl (C=O) groups excluding carboxylic acids is 3. The minimum Gasteiger partial charge on any atom is -0.350 e. The van der Waals surface area contributed by atoms with Crippen LogP contribution in [0.15, 0.2) is 60.9 Å². The Labute approximate surface area is 204 Å². The van der Waals surface area contributed by atoms with Crippen molar-refractivity contribution in [2.24, 2.45) is 0 Å². The molecule has 0 saturated heterocycles. The van der Waals surface area contributed by atoms with Crippen LogP contribution in [-0.2, 0) is 24.4 Å². The van der Waals surface area contributed by atoms with E-state index in [-0.39, 0.29) is 35.8 Å². The van der Waals surface area contributed by atoms with Crippen molar-refractivity contribution in [3.63, 3.8) is 0 Å². The molecule has 180 valence electrons. The Kier molecular flexibility index (Phi) is 5.88. The van der Waals surface area contributed by atoms with Gasteiger partial charge in [-0.05, 0) is 37.8 Å². The van der Waals surface area contributed by atoms with Crippen molar-refractivity contribution < 1.29 is 14.4 Å². The molecule has 2 aromatic carbocycles. The van der Waals surface area contributed by atoms with Crippen LogP contribution in [0.3, 0.4) is 0 Å². The molecule has 2 heterocycles. The molecule has 1 atom stereocenters. The summed E-state index contributed by atoms with van der Waals surface area (Å²) in [6, 6.07) is 17.5. The average molecular weight is 472 g/mol. The Balaban J connectivity index is 1.36.